The SMILES string of the molecule is Cc1cc(=O)[nH]cc1C(=O)NCC(O)c1ccc(F)cc1. The minimum atomic E-state index is -0.933. The van der Waals surface area contributed by atoms with Crippen LogP contribution < -0.4 is 10.9 Å². The van der Waals surface area contributed by atoms with E-state index in [0.29, 0.717) is 16.7 Å². The average Bonchev–Trinajstić information content (AvgIpc) is 2.45. The number of halogens is 1. The molecule has 0 fully saturated rings. The van der Waals surface area contributed by atoms with Crippen molar-refractivity contribution in [1.29, 1.82) is 0 Å². The second-order valence-electron chi connectivity index (χ2n) is 4.67. The van der Waals surface area contributed by atoms with Crippen LogP contribution in [0.5, 0.6) is 0 Å². The number of aliphatic hydroxyl groups excluding tert-OH is 1. The molecule has 1 aromatic heterocycles. The van der Waals surface area contributed by atoms with Gasteiger partial charge in [-0.05, 0) is 30.2 Å². The van der Waals surface area contributed by atoms with Gasteiger partial charge in [-0.15, -0.1) is 0 Å². The maximum atomic E-state index is 12.8. The van der Waals surface area contributed by atoms with E-state index in [1.54, 1.807) is 6.92 Å². The summed E-state index contributed by atoms with van der Waals surface area (Å²) in [5.41, 5.74) is 1.11. The standard InChI is InChI=1S/C15H15FN2O3/c1-9-6-14(20)17-7-12(9)15(21)18-8-13(19)10-2-4-11(16)5-3-10/h2-7,13,19H,8H2,1H3,(H,17,20)(H,18,21). The molecule has 0 spiro atoms. The van der Waals surface area contributed by atoms with E-state index in [2.05, 4.69) is 10.3 Å². The minimum absolute atomic E-state index is 0.0109. The van der Waals surface area contributed by atoms with Crippen LogP contribution in [0.25, 0.3) is 0 Å². The van der Waals surface area contributed by atoms with Crippen molar-refractivity contribution in [2.75, 3.05) is 6.54 Å². The van der Waals surface area contributed by atoms with E-state index < -0.39 is 12.0 Å². The Bertz CT molecular complexity index is 695. The summed E-state index contributed by atoms with van der Waals surface area (Å²) in [6, 6.07) is 6.72. The fourth-order valence-corrected chi connectivity index (χ4v) is 1.91. The first-order valence-corrected chi connectivity index (χ1v) is 6.38. The molecular weight excluding hydrogens is 275 g/mol. The average molecular weight is 290 g/mol. The van der Waals surface area contributed by atoms with Crippen molar-refractivity contribution >= 4 is 5.91 Å². The highest BCUT2D eigenvalue weighted by Crippen LogP contribution is 2.12. The first-order chi connectivity index (χ1) is 9.97. The first-order valence-electron chi connectivity index (χ1n) is 6.38. The van der Waals surface area contributed by atoms with Gasteiger partial charge in [-0.1, -0.05) is 12.1 Å². The lowest BCUT2D eigenvalue weighted by Gasteiger charge is -2.13. The zero-order valence-corrected chi connectivity index (χ0v) is 11.4. The molecule has 110 valence electrons. The van der Waals surface area contributed by atoms with E-state index in [0.717, 1.165) is 0 Å². The number of benzene rings is 1. The summed E-state index contributed by atoms with van der Waals surface area (Å²) in [6.45, 7) is 1.64. The van der Waals surface area contributed by atoms with Crippen LogP contribution in [0.3, 0.4) is 0 Å². The fourth-order valence-electron chi connectivity index (χ4n) is 1.91. The van der Waals surface area contributed by atoms with Gasteiger partial charge in [0.2, 0.25) is 5.56 Å². The van der Waals surface area contributed by atoms with Gasteiger partial charge in [-0.2, -0.15) is 0 Å². The van der Waals surface area contributed by atoms with E-state index >= 15 is 0 Å². The van der Waals surface area contributed by atoms with Gasteiger partial charge in [0, 0.05) is 18.8 Å². The van der Waals surface area contributed by atoms with Crippen molar-refractivity contribution in [1.82, 2.24) is 10.3 Å². The number of aromatic nitrogens is 1. The molecule has 5 nitrogen and oxygen atoms in total. The van der Waals surface area contributed by atoms with E-state index in [1.165, 1.54) is 36.5 Å². The Morgan fingerprint density at radius 3 is 2.67 bits per heavy atom. The topological polar surface area (TPSA) is 82.2 Å². The molecule has 1 atom stereocenters. The third-order valence-electron chi connectivity index (χ3n) is 3.09. The van der Waals surface area contributed by atoms with Crippen LogP contribution in [0, 0.1) is 12.7 Å². The predicted octanol–water partition coefficient (Wildman–Crippen LogP) is 1.29. The summed E-state index contributed by atoms with van der Waals surface area (Å²) in [7, 11) is 0. The van der Waals surface area contributed by atoms with Gasteiger partial charge in [-0.3, -0.25) is 9.59 Å². The number of hydrogen-bond donors (Lipinski definition) is 3. The monoisotopic (exact) mass is 290 g/mol. The number of hydrogen-bond acceptors (Lipinski definition) is 3. The zero-order chi connectivity index (χ0) is 15.4. The molecule has 2 rings (SSSR count). The number of pyridine rings is 1. The van der Waals surface area contributed by atoms with Crippen molar-refractivity contribution in [2.24, 2.45) is 0 Å². The van der Waals surface area contributed by atoms with E-state index in [4.69, 9.17) is 0 Å². The molecule has 0 aliphatic carbocycles. The van der Waals surface area contributed by atoms with Crippen LogP contribution in [0.4, 0.5) is 4.39 Å². The van der Waals surface area contributed by atoms with E-state index in [-0.39, 0.29) is 17.9 Å². The number of amides is 1. The lowest BCUT2D eigenvalue weighted by Crippen LogP contribution is -2.29. The first kappa shape index (κ1) is 14.9. The molecule has 6 heteroatoms. The number of carbonyl (C=O) groups excluding carboxylic acids is 1. The van der Waals surface area contributed by atoms with E-state index in [1.807, 2.05) is 0 Å². The third kappa shape index (κ3) is 3.76. The van der Waals surface area contributed by atoms with Crippen LogP contribution in [0.2, 0.25) is 0 Å². The van der Waals surface area contributed by atoms with Crippen molar-refractivity contribution in [2.45, 2.75) is 13.0 Å². The van der Waals surface area contributed by atoms with Crippen LogP contribution in [0.15, 0.2) is 41.3 Å². The fraction of sp³-hybridized carbons (Fsp3) is 0.200. The number of H-pyrrole nitrogens is 1. The van der Waals surface area contributed by atoms with Gasteiger partial charge in [0.15, 0.2) is 0 Å². The quantitative estimate of drug-likeness (QED) is 0.793. The van der Waals surface area contributed by atoms with Gasteiger partial charge in [-0.25, -0.2) is 4.39 Å². The largest absolute Gasteiger partial charge is 0.387 e. The molecule has 0 radical (unpaired) electrons. The van der Waals surface area contributed by atoms with Gasteiger partial charge < -0.3 is 15.4 Å². The molecule has 3 N–H and O–H groups in total. The summed E-state index contributed by atoms with van der Waals surface area (Å²) >= 11 is 0. The molecule has 0 aliphatic heterocycles. The number of nitrogens with one attached hydrogen (secondary N) is 2. The Hall–Kier alpha value is -2.47. The van der Waals surface area contributed by atoms with Crippen LogP contribution in [0.1, 0.15) is 27.6 Å². The number of aliphatic hydroxyl groups is 1. The summed E-state index contributed by atoms with van der Waals surface area (Å²) in [6.07, 6.45) is 0.398. The van der Waals surface area contributed by atoms with Crippen LogP contribution in [-0.2, 0) is 0 Å². The molecule has 0 aliphatic rings. The molecular formula is C15H15FN2O3. The molecule has 0 saturated heterocycles. The number of rotatable bonds is 4. The maximum absolute atomic E-state index is 12.8. The van der Waals surface area contributed by atoms with Gasteiger partial charge in [0.1, 0.15) is 5.82 Å². The number of carbonyl (C=O) groups is 1. The van der Waals surface area contributed by atoms with Crippen molar-refractivity contribution in [3.8, 4) is 0 Å². The lowest BCUT2D eigenvalue weighted by atomic mass is 10.1. The summed E-state index contributed by atoms with van der Waals surface area (Å²) in [5, 5.41) is 12.5. The Balaban J connectivity index is 2.00. The highest BCUT2D eigenvalue weighted by molar-refractivity contribution is 5.95. The highest BCUT2D eigenvalue weighted by Gasteiger charge is 2.13. The predicted molar refractivity (Wildman–Crippen MR) is 75.5 cm³/mol. The smallest absolute Gasteiger partial charge is 0.253 e. The van der Waals surface area contributed by atoms with Crippen molar-refractivity contribution in [3.05, 3.63) is 69.4 Å². The molecule has 21 heavy (non-hydrogen) atoms. The molecule has 2 aromatic rings. The zero-order valence-electron chi connectivity index (χ0n) is 11.4. The molecule has 1 aromatic carbocycles. The Morgan fingerprint density at radius 2 is 2.05 bits per heavy atom. The van der Waals surface area contributed by atoms with Crippen LogP contribution in [-0.4, -0.2) is 22.5 Å². The number of aromatic amines is 1. The van der Waals surface area contributed by atoms with Crippen molar-refractivity contribution < 1.29 is 14.3 Å². The Morgan fingerprint density at radius 1 is 1.38 bits per heavy atom. The lowest BCUT2D eigenvalue weighted by molar-refractivity contribution is 0.0915. The maximum Gasteiger partial charge on any atom is 0.253 e. The molecule has 0 bridgehead atoms. The molecule has 1 unspecified atom stereocenters. The third-order valence-corrected chi connectivity index (χ3v) is 3.09. The molecule has 0 saturated carbocycles. The summed E-state index contributed by atoms with van der Waals surface area (Å²) in [4.78, 5) is 25.5. The Kier molecular flexibility index (Phi) is 4.49. The summed E-state index contributed by atoms with van der Waals surface area (Å²) < 4.78 is 12.8. The minimum Gasteiger partial charge on any atom is -0.387 e. The summed E-state index contributed by atoms with van der Waals surface area (Å²) in [5.74, 6) is -0.788. The van der Waals surface area contributed by atoms with Gasteiger partial charge >= 0.3 is 0 Å². The highest BCUT2D eigenvalue weighted by atomic mass is 19.1. The van der Waals surface area contributed by atoms with Gasteiger partial charge in [0.25, 0.3) is 5.91 Å². The number of aryl methyl sites for hydroxylation is 1. The Labute approximate surface area is 120 Å². The molecule has 1 amide bonds. The normalized spacial score (nSPS) is 12.0. The van der Waals surface area contributed by atoms with Gasteiger partial charge in [0.05, 0.1) is 11.7 Å². The molecule has 1 heterocycles. The van der Waals surface area contributed by atoms with E-state index in [9.17, 15) is 19.1 Å². The van der Waals surface area contributed by atoms with Crippen LogP contribution >= 0.6 is 0 Å². The van der Waals surface area contributed by atoms with Crippen molar-refractivity contribution in [3.63, 3.8) is 0 Å². The second kappa shape index (κ2) is 6.32. The second-order valence-corrected chi connectivity index (χ2v) is 4.67.